The van der Waals surface area contributed by atoms with E-state index >= 15 is 0 Å². The smallest absolute Gasteiger partial charge is 0.0406 e. The maximum Gasteiger partial charge on any atom is 0.0406 e. The van der Waals surface area contributed by atoms with Crippen LogP contribution in [0.15, 0.2) is 48.5 Å². The van der Waals surface area contributed by atoms with Crippen molar-refractivity contribution in [1.29, 1.82) is 0 Å². The van der Waals surface area contributed by atoms with Crippen LogP contribution in [0.3, 0.4) is 0 Å². The molecule has 0 aliphatic carbocycles. The van der Waals surface area contributed by atoms with Gasteiger partial charge in [0.05, 0.1) is 0 Å². The fourth-order valence-electron chi connectivity index (χ4n) is 3.55. The summed E-state index contributed by atoms with van der Waals surface area (Å²) in [7, 11) is 2.21. The molecule has 0 saturated carbocycles. The molecule has 1 aliphatic rings. The number of benzene rings is 2. The van der Waals surface area contributed by atoms with Gasteiger partial charge in [0, 0.05) is 43.4 Å². The molecule has 0 aromatic heterocycles. The first-order valence-corrected chi connectivity index (χ1v) is 9.96. The molecule has 2 aromatic rings. The molecular formula is C22H30ClN3. The van der Waals surface area contributed by atoms with Crippen LogP contribution in [0.2, 0.25) is 5.02 Å². The van der Waals surface area contributed by atoms with Crippen LogP contribution in [0.5, 0.6) is 0 Å². The van der Waals surface area contributed by atoms with Crippen molar-refractivity contribution < 1.29 is 0 Å². The molecule has 1 atom stereocenters. The quantitative estimate of drug-likeness (QED) is 0.791. The van der Waals surface area contributed by atoms with Gasteiger partial charge in [0.1, 0.15) is 0 Å². The van der Waals surface area contributed by atoms with Crippen molar-refractivity contribution in [2.75, 3.05) is 44.7 Å². The highest BCUT2D eigenvalue weighted by atomic mass is 35.5. The molecule has 0 amide bonds. The van der Waals surface area contributed by atoms with Crippen molar-refractivity contribution in [3.63, 3.8) is 0 Å². The Morgan fingerprint density at radius 1 is 1.00 bits per heavy atom. The van der Waals surface area contributed by atoms with E-state index in [1.54, 1.807) is 0 Å². The van der Waals surface area contributed by atoms with E-state index < -0.39 is 0 Å². The molecule has 0 bridgehead atoms. The summed E-state index contributed by atoms with van der Waals surface area (Å²) in [4.78, 5) is 4.95. The van der Waals surface area contributed by atoms with Crippen LogP contribution in [0.4, 0.5) is 5.69 Å². The number of para-hydroxylation sites is 1. The van der Waals surface area contributed by atoms with Crippen LogP contribution in [-0.2, 0) is 13.0 Å². The Labute approximate surface area is 163 Å². The van der Waals surface area contributed by atoms with Crippen LogP contribution in [0.25, 0.3) is 0 Å². The average molecular weight is 372 g/mol. The Kier molecular flexibility index (Phi) is 6.95. The lowest BCUT2D eigenvalue weighted by Gasteiger charge is -2.35. The largest absolute Gasteiger partial charge is 0.369 e. The first-order valence-electron chi connectivity index (χ1n) is 9.58. The highest BCUT2D eigenvalue weighted by Crippen LogP contribution is 2.24. The maximum atomic E-state index is 5.95. The third-order valence-corrected chi connectivity index (χ3v) is 5.39. The molecule has 1 N–H and O–H groups in total. The standard InChI is InChI=1S/C22H30ClN3/c1-18(16-24-17-19-7-9-21(23)10-8-19)15-20-5-3-4-6-22(20)26-13-11-25(2)12-14-26/h3-10,18,24H,11-17H2,1-2H3. The summed E-state index contributed by atoms with van der Waals surface area (Å²) in [6, 6.07) is 17.0. The van der Waals surface area contributed by atoms with Gasteiger partial charge < -0.3 is 15.1 Å². The molecular weight excluding hydrogens is 342 g/mol. The van der Waals surface area contributed by atoms with Crippen molar-refractivity contribution in [3.8, 4) is 0 Å². The van der Waals surface area contributed by atoms with Gasteiger partial charge in [-0.15, -0.1) is 0 Å². The maximum absolute atomic E-state index is 5.95. The fourth-order valence-corrected chi connectivity index (χ4v) is 3.68. The van der Waals surface area contributed by atoms with Crippen molar-refractivity contribution in [1.82, 2.24) is 10.2 Å². The second kappa shape index (κ2) is 9.40. The summed E-state index contributed by atoms with van der Waals surface area (Å²) >= 11 is 5.95. The Morgan fingerprint density at radius 2 is 1.69 bits per heavy atom. The van der Waals surface area contributed by atoms with Gasteiger partial charge in [0.2, 0.25) is 0 Å². The zero-order valence-electron chi connectivity index (χ0n) is 15.9. The third kappa shape index (κ3) is 5.47. The number of hydrogen-bond donors (Lipinski definition) is 1. The molecule has 0 spiro atoms. The van der Waals surface area contributed by atoms with E-state index in [9.17, 15) is 0 Å². The summed E-state index contributed by atoms with van der Waals surface area (Å²) in [5.41, 5.74) is 4.17. The summed E-state index contributed by atoms with van der Waals surface area (Å²) < 4.78 is 0. The lowest BCUT2D eigenvalue weighted by Crippen LogP contribution is -2.44. The molecule has 3 nitrogen and oxygen atoms in total. The van der Waals surface area contributed by atoms with Gasteiger partial charge >= 0.3 is 0 Å². The second-order valence-electron chi connectivity index (χ2n) is 7.49. The molecule has 3 rings (SSSR count). The van der Waals surface area contributed by atoms with E-state index in [1.807, 2.05) is 12.1 Å². The van der Waals surface area contributed by atoms with Gasteiger partial charge in [-0.2, -0.15) is 0 Å². The zero-order chi connectivity index (χ0) is 18.4. The molecule has 1 aliphatic heterocycles. The number of nitrogens with zero attached hydrogens (tertiary/aromatic N) is 2. The van der Waals surface area contributed by atoms with Gasteiger partial charge in [-0.3, -0.25) is 0 Å². The molecule has 4 heteroatoms. The van der Waals surface area contributed by atoms with E-state index in [1.165, 1.54) is 16.8 Å². The van der Waals surface area contributed by atoms with Crippen LogP contribution < -0.4 is 10.2 Å². The third-order valence-electron chi connectivity index (χ3n) is 5.14. The number of anilines is 1. The average Bonchev–Trinajstić information content (AvgIpc) is 2.65. The number of likely N-dealkylation sites (N-methyl/N-ethyl adjacent to an activating group) is 1. The number of halogens is 1. The summed E-state index contributed by atoms with van der Waals surface area (Å²) in [5.74, 6) is 0.593. The van der Waals surface area contributed by atoms with Gasteiger partial charge in [0.15, 0.2) is 0 Å². The Morgan fingerprint density at radius 3 is 2.42 bits per heavy atom. The first-order chi connectivity index (χ1) is 12.6. The van der Waals surface area contributed by atoms with E-state index in [2.05, 4.69) is 65.5 Å². The lowest BCUT2D eigenvalue weighted by molar-refractivity contribution is 0.312. The van der Waals surface area contributed by atoms with Crippen LogP contribution in [0.1, 0.15) is 18.1 Å². The van der Waals surface area contributed by atoms with E-state index in [4.69, 9.17) is 11.6 Å². The summed E-state index contributed by atoms with van der Waals surface area (Å²) in [6.45, 7) is 8.77. The van der Waals surface area contributed by atoms with Gasteiger partial charge in [-0.05, 0) is 55.3 Å². The molecule has 1 heterocycles. The molecule has 140 valence electrons. The topological polar surface area (TPSA) is 18.5 Å². The lowest BCUT2D eigenvalue weighted by atomic mass is 9.98. The van der Waals surface area contributed by atoms with Crippen molar-refractivity contribution >= 4 is 17.3 Å². The normalized spacial score (nSPS) is 16.7. The molecule has 26 heavy (non-hydrogen) atoms. The predicted molar refractivity (Wildman–Crippen MR) is 112 cm³/mol. The first kappa shape index (κ1) is 19.2. The predicted octanol–water partition coefficient (Wildman–Crippen LogP) is 4.06. The fraction of sp³-hybridized carbons (Fsp3) is 0.455. The van der Waals surface area contributed by atoms with Crippen molar-refractivity contribution in [2.45, 2.75) is 19.9 Å². The summed E-state index contributed by atoms with van der Waals surface area (Å²) in [6.07, 6.45) is 1.11. The van der Waals surface area contributed by atoms with Crippen molar-refractivity contribution in [3.05, 3.63) is 64.7 Å². The molecule has 2 aromatic carbocycles. The van der Waals surface area contributed by atoms with Crippen LogP contribution in [-0.4, -0.2) is 44.7 Å². The monoisotopic (exact) mass is 371 g/mol. The highest BCUT2D eigenvalue weighted by Gasteiger charge is 2.17. The number of nitrogens with one attached hydrogen (secondary N) is 1. The molecule has 1 unspecified atom stereocenters. The SMILES string of the molecule is CC(CNCc1ccc(Cl)cc1)Cc1ccccc1N1CCN(C)CC1. The highest BCUT2D eigenvalue weighted by molar-refractivity contribution is 6.30. The molecule has 1 saturated heterocycles. The minimum Gasteiger partial charge on any atom is -0.369 e. The van der Waals surface area contributed by atoms with Crippen molar-refractivity contribution in [2.24, 2.45) is 5.92 Å². The van der Waals surface area contributed by atoms with Gasteiger partial charge in [0.25, 0.3) is 0 Å². The zero-order valence-corrected chi connectivity index (χ0v) is 16.7. The molecule has 0 radical (unpaired) electrons. The van der Waals surface area contributed by atoms with Gasteiger partial charge in [-0.25, -0.2) is 0 Å². The number of rotatable bonds is 7. The van der Waals surface area contributed by atoms with E-state index in [0.717, 1.165) is 50.7 Å². The van der Waals surface area contributed by atoms with E-state index in [0.29, 0.717) is 5.92 Å². The summed E-state index contributed by atoms with van der Waals surface area (Å²) in [5, 5.41) is 4.38. The Balaban J connectivity index is 1.52. The second-order valence-corrected chi connectivity index (χ2v) is 7.92. The minimum absolute atomic E-state index is 0.593. The number of hydrogen-bond acceptors (Lipinski definition) is 3. The number of piperazine rings is 1. The Bertz CT molecular complexity index is 678. The van der Waals surface area contributed by atoms with Gasteiger partial charge in [-0.1, -0.05) is 48.9 Å². The van der Waals surface area contributed by atoms with E-state index in [-0.39, 0.29) is 0 Å². The van der Waals surface area contributed by atoms with Crippen LogP contribution >= 0.6 is 11.6 Å². The molecule has 1 fully saturated rings. The Hall–Kier alpha value is -1.55. The minimum atomic E-state index is 0.593. The van der Waals surface area contributed by atoms with Crippen LogP contribution in [0, 0.1) is 5.92 Å².